The van der Waals surface area contributed by atoms with Gasteiger partial charge in [-0.2, -0.15) is 13.2 Å². The molecule has 8 heteroatoms. The smallest absolute Gasteiger partial charge is 0.416 e. The lowest BCUT2D eigenvalue weighted by atomic mass is 9.96. The number of rotatable bonds is 4. The number of anilines is 1. The molecule has 2 amide bonds. The lowest BCUT2D eigenvalue weighted by molar-refractivity contribution is -0.137. The summed E-state index contributed by atoms with van der Waals surface area (Å²) >= 11 is 0. The second-order valence-electron chi connectivity index (χ2n) is 7.36. The summed E-state index contributed by atoms with van der Waals surface area (Å²) in [5.74, 6) is -0.687. The van der Waals surface area contributed by atoms with Crippen LogP contribution in [0.1, 0.15) is 34.3 Å². The van der Waals surface area contributed by atoms with Crippen molar-refractivity contribution in [1.82, 2.24) is 4.90 Å². The fourth-order valence-electron chi connectivity index (χ4n) is 3.54. The first kappa shape index (κ1) is 21.7. The van der Waals surface area contributed by atoms with Crippen LogP contribution in [-0.4, -0.2) is 36.9 Å². The second kappa shape index (κ2) is 8.77. The molecule has 0 spiro atoms. The summed E-state index contributed by atoms with van der Waals surface area (Å²) in [6.45, 7) is 2.44. The van der Waals surface area contributed by atoms with Crippen molar-refractivity contribution < 1.29 is 27.5 Å². The molecule has 5 nitrogen and oxygen atoms in total. The molecule has 1 fully saturated rings. The highest BCUT2D eigenvalue weighted by molar-refractivity contribution is 5.97. The van der Waals surface area contributed by atoms with E-state index in [1.165, 1.54) is 24.1 Å². The zero-order valence-corrected chi connectivity index (χ0v) is 16.8. The van der Waals surface area contributed by atoms with Gasteiger partial charge in [0, 0.05) is 18.7 Å². The Morgan fingerprint density at radius 1 is 1.17 bits per heavy atom. The van der Waals surface area contributed by atoms with Crippen molar-refractivity contribution in [2.45, 2.75) is 25.9 Å². The molecule has 1 atom stereocenters. The van der Waals surface area contributed by atoms with Crippen LogP contribution >= 0.6 is 0 Å². The average molecular weight is 420 g/mol. The number of hydrogen-bond donors (Lipinski definition) is 1. The summed E-state index contributed by atoms with van der Waals surface area (Å²) < 4.78 is 44.1. The molecular formula is C22H23F3N2O3. The topological polar surface area (TPSA) is 58.6 Å². The number of nitrogens with zero attached hydrogens (tertiary/aromatic N) is 1. The molecule has 1 N–H and O–H groups in total. The number of hydrogen-bond acceptors (Lipinski definition) is 3. The monoisotopic (exact) mass is 420 g/mol. The van der Waals surface area contributed by atoms with E-state index in [1.54, 1.807) is 12.1 Å². The van der Waals surface area contributed by atoms with Crippen LogP contribution in [0, 0.1) is 12.8 Å². The minimum atomic E-state index is -4.52. The molecule has 0 radical (unpaired) electrons. The van der Waals surface area contributed by atoms with Gasteiger partial charge in [0.2, 0.25) is 5.91 Å². The first-order valence-corrected chi connectivity index (χ1v) is 9.61. The third-order valence-electron chi connectivity index (χ3n) is 5.13. The van der Waals surface area contributed by atoms with E-state index in [0.717, 1.165) is 17.7 Å². The number of ether oxygens (including phenoxy) is 1. The normalized spacial score (nSPS) is 16.8. The average Bonchev–Trinajstić information content (AvgIpc) is 2.73. The maximum atomic E-state index is 13.0. The van der Waals surface area contributed by atoms with Crippen LogP contribution in [0.3, 0.4) is 0 Å². The number of likely N-dealkylation sites (tertiary alicyclic amines) is 1. The molecule has 2 aromatic carbocycles. The number of amides is 2. The molecule has 1 aliphatic rings. The SMILES string of the molecule is COc1ccc(C)cc1NC(=O)C1CCCN(C(=O)c2cccc(C(F)(F)F)c2)C1. The van der Waals surface area contributed by atoms with Gasteiger partial charge in [-0.05, 0) is 55.7 Å². The minimum absolute atomic E-state index is 0.0359. The number of nitrogens with one attached hydrogen (secondary N) is 1. The standard InChI is InChI=1S/C22H23F3N2O3/c1-14-8-9-19(30-2)18(11-14)26-20(28)16-6-4-10-27(13-16)21(29)15-5-3-7-17(12-15)22(23,24)25/h3,5,7-9,11-12,16H,4,6,10,13H2,1-2H3,(H,26,28). The van der Waals surface area contributed by atoms with Gasteiger partial charge in [0.1, 0.15) is 5.75 Å². The van der Waals surface area contributed by atoms with Gasteiger partial charge >= 0.3 is 6.18 Å². The fourth-order valence-corrected chi connectivity index (χ4v) is 3.54. The van der Waals surface area contributed by atoms with Crippen molar-refractivity contribution in [2.24, 2.45) is 5.92 Å². The van der Waals surface area contributed by atoms with Crippen molar-refractivity contribution in [3.8, 4) is 5.75 Å². The Balaban J connectivity index is 1.72. The molecule has 1 saturated heterocycles. The second-order valence-corrected chi connectivity index (χ2v) is 7.36. The van der Waals surface area contributed by atoms with Crippen LogP contribution in [0.15, 0.2) is 42.5 Å². The Morgan fingerprint density at radius 2 is 1.93 bits per heavy atom. The van der Waals surface area contributed by atoms with E-state index < -0.39 is 23.6 Å². The molecule has 3 rings (SSSR count). The first-order chi connectivity index (χ1) is 14.2. The number of carbonyl (C=O) groups is 2. The molecule has 0 saturated carbocycles. The van der Waals surface area contributed by atoms with Gasteiger partial charge in [-0.1, -0.05) is 12.1 Å². The zero-order valence-electron chi connectivity index (χ0n) is 16.8. The van der Waals surface area contributed by atoms with Crippen molar-refractivity contribution in [1.29, 1.82) is 0 Å². The number of alkyl halides is 3. The van der Waals surface area contributed by atoms with Gasteiger partial charge in [-0.3, -0.25) is 9.59 Å². The Labute approximate surface area is 172 Å². The maximum Gasteiger partial charge on any atom is 0.416 e. The van der Waals surface area contributed by atoms with Crippen molar-refractivity contribution >= 4 is 17.5 Å². The molecule has 0 aromatic heterocycles. The summed E-state index contributed by atoms with van der Waals surface area (Å²) in [7, 11) is 1.51. The first-order valence-electron chi connectivity index (χ1n) is 9.61. The highest BCUT2D eigenvalue weighted by Gasteiger charge is 2.33. The van der Waals surface area contributed by atoms with E-state index in [4.69, 9.17) is 4.74 Å². The van der Waals surface area contributed by atoms with Crippen molar-refractivity contribution in [3.05, 3.63) is 59.2 Å². The number of aryl methyl sites for hydroxylation is 1. The third-order valence-corrected chi connectivity index (χ3v) is 5.13. The summed E-state index contributed by atoms with van der Waals surface area (Å²) in [5.41, 5.74) is 0.595. The van der Waals surface area contributed by atoms with E-state index in [1.807, 2.05) is 13.0 Å². The minimum Gasteiger partial charge on any atom is -0.495 e. The van der Waals surface area contributed by atoms with Crippen molar-refractivity contribution in [2.75, 3.05) is 25.5 Å². The zero-order chi connectivity index (χ0) is 21.9. The van der Waals surface area contributed by atoms with Crippen LogP contribution in [0.25, 0.3) is 0 Å². The lowest BCUT2D eigenvalue weighted by Gasteiger charge is -2.32. The molecular weight excluding hydrogens is 397 g/mol. The molecule has 30 heavy (non-hydrogen) atoms. The molecule has 0 bridgehead atoms. The Bertz CT molecular complexity index is 943. The summed E-state index contributed by atoms with van der Waals surface area (Å²) in [5, 5.41) is 2.85. The highest BCUT2D eigenvalue weighted by atomic mass is 19.4. The molecule has 1 unspecified atom stereocenters. The van der Waals surface area contributed by atoms with Gasteiger partial charge in [-0.25, -0.2) is 0 Å². The van der Waals surface area contributed by atoms with E-state index in [2.05, 4.69) is 5.32 Å². The Hall–Kier alpha value is -3.03. The van der Waals surface area contributed by atoms with Gasteiger partial charge in [-0.15, -0.1) is 0 Å². The lowest BCUT2D eigenvalue weighted by Crippen LogP contribution is -2.43. The Kier molecular flexibility index (Phi) is 6.34. The van der Waals surface area contributed by atoms with Gasteiger partial charge in [0.05, 0.1) is 24.3 Å². The van der Waals surface area contributed by atoms with E-state index in [-0.39, 0.29) is 18.0 Å². The van der Waals surface area contributed by atoms with E-state index in [0.29, 0.717) is 30.8 Å². The quantitative estimate of drug-likeness (QED) is 0.792. The van der Waals surface area contributed by atoms with E-state index in [9.17, 15) is 22.8 Å². The number of piperidine rings is 1. The summed E-state index contributed by atoms with van der Waals surface area (Å²) in [6.07, 6.45) is -3.34. The third kappa shape index (κ3) is 4.93. The summed E-state index contributed by atoms with van der Waals surface area (Å²) in [4.78, 5) is 27.0. The predicted octanol–water partition coefficient (Wildman–Crippen LogP) is 4.51. The predicted molar refractivity (Wildman–Crippen MR) is 106 cm³/mol. The van der Waals surface area contributed by atoms with Crippen LogP contribution < -0.4 is 10.1 Å². The number of carbonyl (C=O) groups excluding carboxylic acids is 2. The van der Waals surface area contributed by atoms with Gasteiger partial charge in [0.15, 0.2) is 0 Å². The number of benzene rings is 2. The number of halogens is 3. The van der Waals surface area contributed by atoms with E-state index >= 15 is 0 Å². The fraction of sp³-hybridized carbons (Fsp3) is 0.364. The largest absolute Gasteiger partial charge is 0.495 e. The van der Waals surface area contributed by atoms with Crippen LogP contribution in [-0.2, 0) is 11.0 Å². The molecule has 1 heterocycles. The summed E-state index contributed by atoms with van der Waals surface area (Å²) in [6, 6.07) is 9.78. The van der Waals surface area contributed by atoms with Gasteiger partial charge < -0.3 is 15.0 Å². The maximum absolute atomic E-state index is 13.0. The van der Waals surface area contributed by atoms with Crippen LogP contribution in [0.5, 0.6) is 5.75 Å². The van der Waals surface area contributed by atoms with Crippen LogP contribution in [0.2, 0.25) is 0 Å². The molecule has 0 aliphatic carbocycles. The molecule has 1 aliphatic heterocycles. The Morgan fingerprint density at radius 3 is 2.63 bits per heavy atom. The van der Waals surface area contributed by atoms with Crippen LogP contribution in [0.4, 0.5) is 18.9 Å². The molecule has 2 aromatic rings. The number of methoxy groups -OCH3 is 1. The van der Waals surface area contributed by atoms with Gasteiger partial charge in [0.25, 0.3) is 5.91 Å². The highest BCUT2D eigenvalue weighted by Crippen LogP contribution is 2.31. The molecule has 160 valence electrons. The van der Waals surface area contributed by atoms with Crippen molar-refractivity contribution in [3.63, 3.8) is 0 Å².